The molecule has 2 heterocycles. The van der Waals surface area contributed by atoms with E-state index < -0.39 is 0 Å². The zero-order valence-corrected chi connectivity index (χ0v) is 14.3. The van der Waals surface area contributed by atoms with E-state index in [0.29, 0.717) is 0 Å². The number of benzene rings is 1. The van der Waals surface area contributed by atoms with Crippen LogP contribution in [0.25, 0.3) is 0 Å². The summed E-state index contributed by atoms with van der Waals surface area (Å²) >= 11 is 1.75. The first-order valence-corrected chi connectivity index (χ1v) is 8.47. The molecular formula is C18H20FN3S. The van der Waals surface area contributed by atoms with Crippen LogP contribution in [-0.2, 0) is 7.05 Å². The predicted octanol–water partition coefficient (Wildman–Crippen LogP) is 4.37. The summed E-state index contributed by atoms with van der Waals surface area (Å²) in [5.41, 5.74) is 2.29. The molecule has 2 atom stereocenters. The molecule has 1 aromatic carbocycles. The Morgan fingerprint density at radius 1 is 1.22 bits per heavy atom. The minimum atomic E-state index is -0.227. The van der Waals surface area contributed by atoms with E-state index in [4.69, 9.17) is 0 Å². The van der Waals surface area contributed by atoms with Gasteiger partial charge in [0, 0.05) is 30.4 Å². The predicted molar refractivity (Wildman–Crippen MR) is 92.1 cm³/mol. The van der Waals surface area contributed by atoms with Gasteiger partial charge in [-0.05, 0) is 48.6 Å². The second-order valence-electron chi connectivity index (χ2n) is 5.74. The molecule has 120 valence electrons. The highest BCUT2D eigenvalue weighted by Gasteiger charge is 2.22. The first-order chi connectivity index (χ1) is 11.1. The summed E-state index contributed by atoms with van der Waals surface area (Å²) < 4.78 is 15.3. The number of rotatable bonds is 5. The molecule has 0 saturated heterocycles. The molecule has 0 unspecified atom stereocenters. The van der Waals surface area contributed by atoms with Gasteiger partial charge in [0.15, 0.2) is 0 Å². The summed E-state index contributed by atoms with van der Waals surface area (Å²) in [7, 11) is 1.97. The molecule has 0 aliphatic carbocycles. The average Bonchev–Trinajstić information content (AvgIpc) is 3.14. The fourth-order valence-electron chi connectivity index (χ4n) is 2.78. The smallest absolute Gasteiger partial charge is 0.130 e. The third-order valence-electron chi connectivity index (χ3n) is 4.03. The lowest BCUT2D eigenvalue weighted by molar-refractivity contribution is 0.492. The van der Waals surface area contributed by atoms with Gasteiger partial charge in [0.2, 0.25) is 0 Å². The zero-order chi connectivity index (χ0) is 16.4. The molecule has 5 heteroatoms. The largest absolute Gasteiger partial charge is 0.336 e. The molecule has 0 radical (unpaired) electrons. The molecule has 0 saturated carbocycles. The van der Waals surface area contributed by atoms with E-state index in [1.807, 2.05) is 29.9 Å². The standard InChI is InChI=1S/C18H20FN3S/c1-12-8-11-23-17(12)13(2)21-16(18-20-9-10-22(18)3)14-4-6-15(19)7-5-14/h4-11,13,16,21H,1-3H3/t13-,16+/m1/s1. The highest BCUT2D eigenvalue weighted by atomic mass is 32.1. The van der Waals surface area contributed by atoms with Crippen molar-refractivity contribution in [3.63, 3.8) is 0 Å². The van der Waals surface area contributed by atoms with Crippen LogP contribution in [0.2, 0.25) is 0 Å². The Balaban J connectivity index is 1.94. The fraction of sp³-hybridized carbons (Fsp3) is 0.278. The first-order valence-electron chi connectivity index (χ1n) is 7.59. The second-order valence-corrected chi connectivity index (χ2v) is 6.68. The van der Waals surface area contributed by atoms with Crippen molar-refractivity contribution in [2.75, 3.05) is 0 Å². The van der Waals surface area contributed by atoms with Gasteiger partial charge in [-0.25, -0.2) is 9.37 Å². The van der Waals surface area contributed by atoms with Crippen molar-refractivity contribution in [1.29, 1.82) is 0 Å². The summed E-state index contributed by atoms with van der Waals surface area (Å²) in [5, 5.41) is 5.75. The Hall–Kier alpha value is -1.98. The van der Waals surface area contributed by atoms with E-state index in [1.54, 1.807) is 17.5 Å². The highest BCUT2D eigenvalue weighted by Crippen LogP contribution is 2.29. The van der Waals surface area contributed by atoms with Crippen molar-refractivity contribution in [2.45, 2.75) is 25.9 Å². The van der Waals surface area contributed by atoms with E-state index in [2.05, 4.69) is 35.6 Å². The number of halogens is 1. The molecule has 3 nitrogen and oxygen atoms in total. The van der Waals surface area contributed by atoms with Crippen LogP contribution in [0.4, 0.5) is 4.39 Å². The van der Waals surface area contributed by atoms with Crippen molar-refractivity contribution in [1.82, 2.24) is 14.9 Å². The van der Waals surface area contributed by atoms with Gasteiger partial charge in [-0.15, -0.1) is 11.3 Å². The Morgan fingerprint density at radius 3 is 2.52 bits per heavy atom. The molecule has 0 bridgehead atoms. The topological polar surface area (TPSA) is 29.9 Å². The van der Waals surface area contributed by atoms with Crippen LogP contribution < -0.4 is 5.32 Å². The summed E-state index contributed by atoms with van der Waals surface area (Å²) in [5.74, 6) is 0.687. The molecule has 2 aromatic heterocycles. The van der Waals surface area contributed by atoms with Crippen LogP contribution in [-0.4, -0.2) is 9.55 Å². The van der Waals surface area contributed by atoms with Gasteiger partial charge in [-0.3, -0.25) is 5.32 Å². The number of thiophene rings is 1. The maximum atomic E-state index is 13.3. The summed E-state index contributed by atoms with van der Waals surface area (Å²) in [4.78, 5) is 5.79. The number of aromatic nitrogens is 2. The van der Waals surface area contributed by atoms with Crippen molar-refractivity contribution < 1.29 is 4.39 Å². The summed E-state index contributed by atoms with van der Waals surface area (Å²) in [6.45, 7) is 4.27. The second kappa shape index (κ2) is 6.64. The Bertz CT molecular complexity index is 776. The third-order valence-corrected chi connectivity index (χ3v) is 5.23. The van der Waals surface area contributed by atoms with Crippen LogP contribution in [0.3, 0.4) is 0 Å². The number of hydrogen-bond donors (Lipinski definition) is 1. The number of aryl methyl sites for hydroxylation is 2. The maximum absolute atomic E-state index is 13.3. The Kier molecular flexibility index (Phi) is 4.59. The number of imidazole rings is 1. The van der Waals surface area contributed by atoms with Crippen molar-refractivity contribution in [3.8, 4) is 0 Å². The van der Waals surface area contributed by atoms with Crippen molar-refractivity contribution >= 4 is 11.3 Å². The molecule has 23 heavy (non-hydrogen) atoms. The molecule has 3 aromatic rings. The van der Waals surface area contributed by atoms with Gasteiger partial charge < -0.3 is 4.57 Å². The van der Waals surface area contributed by atoms with Gasteiger partial charge in [-0.2, -0.15) is 0 Å². The fourth-order valence-corrected chi connectivity index (χ4v) is 3.73. The van der Waals surface area contributed by atoms with E-state index in [0.717, 1.165) is 11.4 Å². The zero-order valence-electron chi connectivity index (χ0n) is 13.5. The van der Waals surface area contributed by atoms with Gasteiger partial charge >= 0.3 is 0 Å². The third kappa shape index (κ3) is 3.35. The summed E-state index contributed by atoms with van der Waals surface area (Å²) in [6.07, 6.45) is 3.71. The maximum Gasteiger partial charge on any atom is 0.130 e. The average molecular weight is 329 g/mol. The van der Waals surface area contributed by atoms with Crippen LogP contribution >= 0.6 is 11.3 Å². The SMILES string of the molecule is Cc1ccsc1[C@@H](C)N[C@@H](c1ccc(F)cc1)c1nccn1C. The van der Waals surface area contributed by atoms with Crippen molar-refractivity contribution in [2.24, 2.45) is 7.05 Å². The lowest BCUT2D eigenvalue weighted by Crippen LogP contribution is -2.27. The monoisotopic (exact) mass is 329 g/mol. The number of hydrogen-bond acceptors (Lipinski definition) is 3. The first kappa shape index (κ1) is 15.9. The van der Waals surface area contributed by atoms with E-state index >= 15 is 0 Å². The molecule has 0 fully saturated rings. The van der Waals surface area contributed by atoms with Gasteiger partial charge in [0.25, 0.3) is 0 Å². The van der Waals surface area contributed by atoms with E-state index in [-0.39, 0.29) is 17.9 Å². The molecule has 0 aliphatic rings. The van der Waals surface area contributed by atoms with E-state index in [1.165, 1.54) is 22.6 Å². The van der Waals surface area contributed by atoms with Crippen LogP contribution in [0, 0.1) is 12.7 Å². The lowest BCUT2D eigenvalue weighted by Gasteiger charge is -2.23. The van der Waals surface area contributed by atoms with Crippen molar-refractivity contribution in [3.05, 3.63) is 75.8 Å². The number of nitrogens with zero attached hydrogens (tertiary/aromatic N) is 2. The van der Waals surface area contributed by atoms with Crippen LogP contribution in [0.5, 0.6) is 0 Å². The minimum absolute atomic E-state index is 0.0906. The molecule has 0 aliphatic heterocycles. The normalized spacial score (nSPS) is 13.9. The highest BCUT2D eigenvalue weighted by molar-refractivity contribution is 7.10. The number of nitrogens with one attached hydrogen (secondary N) is 1. The molecule has 3 rings (SSSR count). The quantitative estimate of drug-likeness (QED) is 0.753. The minimum Gasteiger partial charge on any atom is -0.336 e. The van der Waals surface area contributed by atoms with Crippen LogP contribution in [0.1, 0.15) is 40.8 Å². The van der Waals surface area contributed by atoms with Gasteiger partial charge in [-0.1, -0.05) is 12.1 Å². The molecule has 1 N–H and O–H groups in total. The molecule has 0 amide bonds. The lowest BCUT2D eigenvalue weighted by atomic mass is 10.0. The van der Waals surface area contributed by atoms with Crippen LogP contribution in [0.15, 0.2) is 48.1 Å². The van der Waals surface area contributed by atoms with E-state index in [9.17, 15) is 4.39 Å². The Labute approximate surface area is 139 Å². The Morgan fingerprint density at radius 2 is 1.96 bits per heavy atom. The van der Waals surface area contributed by atoms with Gasteiger partial charge in [0.1, 0.15) is 11.6 Å². The molecule has 0 spiro atoms. The van der Waals surface area contributed by atoms with Gasteiger partial charge in [0.05, 0.1) is 6.04 Å². The summed E-state index contributed by atoms with van der Waals surface area (Å²) in [6, 6.07) is 8.84. The molecular weight excluding hydrogens is 309 g/mol.